The van der Waals surface area contributed by atoms with Crippen molar-refractivity contribution >= 4 is 22.2 Å². The number of rotatable bonds is 4. The highest BCUT2D eigenvalue weighted by Gasteiger charge is 2.23. The van der Waals surface area contributed by atoms with Crippen molar-refractivity contribution in [2.45, 2.75) is 26.2 Å². The first-order chi connectivity index (χ1) is 10.8. The minimum Gasteiger partial charge on any atom is -0.350 e. The van der Waals surface area contributed by atoms with E-state index in [1.807, 2.05) is 37.4 Å². The van der Waals surface area contributed by atoms with Crippen LogP contribution in [0, 0.1) is 12.7 Å². The van der Waals surface area contributed by atoms with E-state index in [2.05, 4.69) is 10.3 Å². The summed E-state index contributed by atoms with van der Waals surface area (Å²) in [7, 11) is 0. The van der Waals surface area contributed by atoms with E-state index >= 15 is 0 Å². The van der Waals surface area contributed by atoms with Gasteiger partial charge in [0, 0.05) is 24.4 Å². The first kappa shape index (κ1) is 15.7. The monoisotopic (exact) mass is 331 g/mol. The number of amides is 1. The summed E-state index contributed by atoms with van der Waals surface area (Å²) in [5, 5.41) is 2.93. The lowest BCUT2D eigenvalue weighted by Gasteiger charge is -2.25. The lowest BCUT2D eigenvalue weighted by molar-refractivity contribution is 0.0949. The van der Waals surface area contributed by atoms with E-state index in [0.29, 0.717) is 11.4 Å². The minimum atomic E-state index is -0.355. The highest BCUT2D eigenvalue weighted by molar-refractivity contribution is 7.18. The van der Waals surface area contributed by atoms with E-state index < -0.39 is 0 Å². The third kappa shape index (κ3) is 3.27. The van der Waals surface area contributed by atoms with Crippen LogP contribution >= 0.6 is 11.3 Å². The van der Waals surface area contributed by atoms with Crippen molar-refractivity contribution in [2.75, 3.05) is 6.54 Å². The Morgan fingerprint density at radius 3 is 2.87 bits per heavy atom. The molecule has 0 radical (unpaired) electrons. The van der Waals surface area contributed by atoms with Crippen molar-refractivity contribution in [1.29, 1.82) is 0 Å². The van der Waals surface area contributed by atoms with Crippen molar-refractivity contribution in [3.8, 4) is 0 Å². The Morgan fingerprint density at radius 1 is 1.39 bits per heavy atom. The molecule has 0 atom stereocenters. The number of imidazole rings is 1. The maximum absolute atomic E-state index is 13.4. The van der Waals surface area contributed by atoms with Crippen molar-refractivity contribution in [3.05, 3.63) is 58.6 Å². The van der Waals surface area contributed by atoms with Crippen LogP contribution in [0.1, 0.15) is 34.8 Å². The molecule has 6 heteroatoms. The molecule has 0 aliphatic rings. The van der Waals surface area contributed by atoms with Gasteiger partial charge < -0.3 is 5.32 Å². The van der Waals surface area contributed by atoms with E-state index in [1.165, 1.54) is 23.5 Å². The zero-order chi connectivity index (χ0) is 16.6. The maximum Gasteiger partial charge on any atom is 0.263 e. The number of nitrogens with one attached hydrogen (secondary N) is 1. The molecule has 2 aromatic heterocycles. The number of fused-ring (bicyclic) bond motifs is 1. The summed E-state index contributed by atoms with van der Waals surface area (Å²) >= 11 is 1.35. The molecule has 3 aromatic rings. The average molecular weight is 331 g/mol. The molecular formula is C17H18FN3OS. The fourth-order valence-electron chi connectivity index (χ4n) is 2.42. The summed E-state index contributed by atoms with van der Waals surface area (Å²) in [6.07, 6.45) is 3.67. The van der Waals surface area contributed by atoms with Crippen LogP contribution in [0.4, 0.5) is 4.39 Å². The molecule has 1 aromatic carbocycles. The Labute approximate surface area is 138 Å². The van der Waals surface area contributed by atoms with Gasteiger partial charge in [-0.15, -0.1) is 0 Å². The van der Waals surface area contributed by atoms with Gasteiger partial charge in [0.25, 0.3) is 5.91 Å². The van der Waals surface area contributed by atoms with Gasteiger partial charge in [0.05, 0.1) is 5.69 Å². The van der Waals surface area contributed by atoms with Gasteiger partial charge >= 0.3 is 0 Å². The number of hydrogen-bond donors (Lipinski definition) is 1. The first-order valence-corrected chi connectivity index (χ1v) is 8.16. The van der Waals surface area contributed by atoms with Gasteiger partial charge in [-0.3, -0.25) is 9.20 Å². The van der Waals surface area contributed by atoms with Crippen LogP contribution in [0.2, 0.25) is 0 Å². The van der Waals surface area contributed by atoms with Crippen LogP contribution in [-0.2, 0) is 5.41 Å². The molecule has 0 unspecified atom stereocenters. The number of thiazole rings is 1. The standard InChI is InChI=1S/C17H18FN3OS/c1-11-8-21-9-14(23-16(21)20-11)15(22)19-10-17(2,3)12-5-4-6-13(18)7-12/h4-9H,10H2,1-3H3,(H,19,22). The molecule has 23 heavy (non-hydrogen) atoms. The van der Waals surface area contributed by atoms with Crippen molar-refractivity contribution < 1.29 is 9.18 Å². The molecule has 2 heterocycles. The molecule has 3 rings (SSSR count). The Balaban J connectivity index is 1.71. The number of aryl methyl sites for hydroxylation is 1. The molecule has 4 nitrogen and oxygen atoms in total. The SMILES string of the molecule is Cc1cn2cc(C(=O)NCC(C)(C)c3cccc(F)c3)sc2n1. The van der Waals surface area contributed by atoms with E-state index in [4.69, 9.17) is 0 Å². The normalized spacial score (nSPS) is 11.8. The third-order valence-corrected chi connectivity index (χ3v) is 4.79. The van der Waals surface area contributed by atoms with E-state index in [1.54, 1.807) is 12.3 Å². The lowest BCUT2D eigenvalue weighted by Crippen LogP contribution is -2.36. The third-order valence-electron chi connectivity index (χ3n) is 3.80. The van der Waals surface area contributed by atoms with Crippen LogP contribution in [0.5, 0.6) is 0 Å². The fraction of sp³-hybridized carbons (Fsp3) is 0.294. The summed E-state index contributed by atoms with van der Waals surface area (Å²) in [6.45, 7) is 6.30. The zero-order valence-electron chi connectivity index (χ0n) is 13.3. The number of aromatic nitrogens is 2. The molecule has 0 aliphatic carbocycles. The number of benzene rings is 1. The summed E-state index contributed by atoms with van der Waals surface area (Å²) in [5.41, 5.74) is 1.43. The highest BCUT2D eigenvalue weighted by atomic mass is 32.1. The lowest BCUT2D eigenvalue weighted by atomic mass is 9.84. The van der Waals surface area contributed by atoms with Crippen molar-refractivity contribution in [2.24, 2.45) is 0 Å². The Bertz CT molecular complexity index is 834. The van der Waals surface area contributed by atoms with Gasteiger partial charge in [0.1, 0.15) is 10.7 Å². The smallest absolute Gasteiger partial charge is 0.263 e. The fourth-order valence-corrected chi connectivity index (χ4v) is 3.35. The molecular weight excluding hydrogens is 313 g/mol. The van der Waals surface area contributed by atoms with Gasteiger partial charge in [-0.2, -0.15) is 0 Å². The number of carbonyl (C=O) groups is 1. The minimum absolute atomic E-state index is 0.136. The van der Waals surface area contributed by atoms with Gasteiger partial charge in [0.2, 0.25) is 0 Å². The van der Waals surface area contributed by atoms with Crippen LogP contribution in [0.3, 0.4) is 0 Å². The van der Waals surface area contributed by atoms with Crippen molar-refractivity contribution in [3.63, 3.8) is 0 Å². The Kier molecular flexibility index (Phi) is 3.93. The molecule has 0 aliphatic heterocycles. The predicted molar refractivity (Wildman–Crippen MR) is 89.6 cm³/mol. The van der Waals surface area contributed by atoms with Gasteiger partial charge in [-0.1, -0.05) is 37.3 Å². The zero-order valence-corrected chi connectivity index (χ0v) is 14.1. The van der Waals surface area contributed by atoms with Crippen molar-refractivity contribution in [1.82, 2.24) is 14.7 Å². The van der Waals surface area contributed by atoms with Gasteiger partial charge in [-0.05, 0) is 24.6 Å². The molecule has 1 amide bonds. The van der Waals surface area contributed by atoms with E-state index in [0.717, 1.165) is 16.2 Å². The summed E-state index contributed by atoms with van der Waals surface area (Å²) in [4.78, 5) is 18.1. The predicted octanol–water partition coefficient (Wildman–Crippen LogP) is 3.55. The highest BCUT2D eigenvalue weighted by Crippen LogP contribution is 2.23. The largest absolute Gasteiger partial charge is 0.350 e. The Morgan fingerprint density at radius 2 is 2.17 bits per heavy atom. The Hall–Kier alpha value is -2.21. The second-order valence-corrected chi connectivity index (χ2v) is 7.25. The second-order valence-electron chi connectivity index (χ2n) is 6.24. The number of nitrogens with zero attached hydrogens (tertiary/aromatic N) is 2. The quantitative estimate of drug-likeness (QED) is 0.795. The number of carbonyl (C=O) groups excluding carboxylic acids is 1. The molecule has 0 spiro atoms. The molecule has 120 valence electrons. The number of halogens is 1. The summed E-state index contributed by atoms with van der Waals surface area (Å²) < 4.78 is 15.2. The van der Waals surface area contributed by atoms with Gasteiger partial charge in [-0.25, -0.2) is 9.37 Å². The second kappa shape index (κ2) is 5.77. The first-order valence-electron chi connectivity index (χ1n) is 7.34. The topological polar surface area (TPSA) is 46.4 Å². The van der Waals surface area contributed by atoms with Crippen LogP contribution in [0.25, 0.3) is 4.96 Å². The number of hydrogen-bond acceptors (Lipinski definition) is 3. The van der Waals surface area contributed by atoms with E-state index in [-0.39, 0.29) is 17.1 Å². The molecule has 0 bridgehead atoms. The molecule has 1 N–H and O–H groups in total. The van der Waals surface area contributed by atoms with Crippen LogP contribution in [-0.4, -0.2) is 21.8 Å². The van der Waals surface area contributed by atoms with Crippen LogP contribution in [0.15, 0.2) is 36.7 Å². The molecule has 0 fully saturated rings. The van der Waals surface area contributed by atoms with Gasteiger partial charge in [0.15, 0.2) is 4.96 Å². The maximum atomic E-state index is 13.4. The van der Waals surface area contributed by atoms with Crippen LogP contribution < -0.4 is 5.32 Å². The summed E-state index contributed by atoms with van der Waals surface area (Å²) in [6, 6.07) is 6.48. The average Bonchev–Trinajstić information content (AvgIpc) is 3.02. The summed E-state index contributed by atoms with van der Waals surface area (Å²) in [5.74, 6) is -0.403. The van der Waals surface area contributed by atoms with E-state index in [9.17, 15) is 9.18 Å². The molecule has 0 saturated carbocycles. The molecule has 0 saturated heterocycles.